The number of nitrogens with zero attached hydrogens (tertiary/aromatic N) is 2. The van der Waals surface area contributed by atoms with Crippen molar-refractivity contribution in [1.82, 2.24) is 9.55 Å². The molecule has 0 aliphatic rings. The van der Waals surface area contributed by atoms with Crippen LogP contribution >= 0.6 is 0 Å². The second kappa shape index (κ2) is 9.25. The first kappa shape index (κ1) is 21.3. The lowest BCUT2D eigenvalue weighted by Crippen LogP contribution is -2.45. The quantitative estimate of drug-likeness (QED) is 0.719. The molecule has 8 heteroatoms. The minimum absolute atomic E-state index is 0.0137. The highest BCUT2D eigenvalue weighted by atomic mass is 16.5. The molecule has 1 aromatic heterocycles. The van der Waals surface area contributed by atoms with Gasteiger partial charge in [-0.1, -0.05) is 25.5 Å². The first-order valence-corrected chi connectivity index (χ1v) is 9.47. The summed E-state index contributed by atoms with van der Waals surface area (Å²) >= 11 is 0. The lowest BCUT2D eigenvalue weighted by atomic mass is 10.2. The molecule has 0 bridgehead atoms. The van der Waals surface area contributed by atoms with E-state index < -0.39 is 23.3 Å². The first-order chi connectivity index (χ1) is 13.3. The maximum atomic E-state index is 13.0. The standard InChI is InChI=1S/C20H28N4O4/c1-5-7-11-24-17(21)16(18(25)22-20(24)27)23(6-2)19(26)14(4)28-15-10-8-9-13(3)12-15/h8-10,12,14H,5-7,11,21H2,1-4H3,(H,22,25,27)/t14-/m1/s1. The molecule has 1 aromatic carbocycles. The molecular formula is C20H28N4O4. The number of hydrogen-bond donors (Lipinski definition) is 2. The predicted molar refractivity (Wildman–Crippen MR) is 110 cm³/mol. The van der Waals surface area contributed by atoms with Gasteiger partial charge < -0.3 is 15.4 Å². The Labute approximate surface area is 163 Å². The zero-order chi connectivity index (χ0) is 20.8. The van der Waals surface area contributed by atoms with Gasteiger partial charge in [0.25, 0.3) is 11.5 Å². The number of likely N-dealkylation sites (N-methyl/N-ethyl adjacent to an activating group) is 1. The number of ether oxygens (including phenoxy) is 1. The smallest absolute Gasteiger partial charge is 0.330 e. The van der Waals surface area contributed by atoms with E-state index in [1.165, 1.54) is 9.47 Å². The summed E-state index contributed by atoms with van der Waals surface area (Å²) in [5.41, 5.74) is 5.84. The van der Waals surface area contributed by atoms with Crippen LogP contribution in [0.15, 0.2) is 33.9 Å². The van der Waals surface area contributed by atoms with Crippen LogP contribution in [0.5, 0.6) is 5.75 Å². The Morgan fingerprint density at radius 3 is 2.64 bits per heavy atom. The van der Waals surface area contributed by atoms with Gasteiger partial charge in [-0.25, -0.2) is 4.79 Å². The number of rotatable bonds is 8. The number of H-pyrrole nitrogens is 1. The molecule has 8 nitrogen and oxygen atoms in total. The van der Waals surface area contributed by atoms with Crippen molar-refractivity contribution in [2.45, 2.75) is 53.2 Å². The van der Waals surface area contributed by atoms with Gasteiger partial charge >= 0.3 is 5.69 Å². The molecule has 0 radical (unpaired) electrons. The van der Waals surface area contributed by atoms with Crippen LogP contribution in [0.4, 0.5) is 11.5 Å². The van der Waals surface area contributed by atoms with E-state index in [9.17, 15) is 14.4 Å². The Bertz CT molecular complexity index is 948. The zero-order valence-electron chi connectivity index (χ0n) is 16.8. The monoisotopic (exact) mass is 388 g/mol. The molecule has 3 N–H and O–H groups in total. The summed E-state index contributed by atoms with van der Waals surface area (Å²) in [6.07, 6.45) is 0.747. The molecule has 0 saturated carbocycles. The number of amides is 1. The van der Waals surface area contributed by atoms with Crippen molar-refractivity contribution in [1.29, 1.82) is 0 Å². The summed E-state index contributed by atoms with van der Waals surface area (Å²) in [7, 11) is 0. The summed E-state index contributed by atoms with van der Waals surface area (Å²) < 4.78 is 7.04. The SMILES string of the molecule is CCCCn1c(N)c(N(CC)C(=O)[C@@H](C)Oc2cccc(C)c2)c(=O)[nH]c1=O. The van der Waals surface area contributed by atoms with Crippen molar-refractivity contribution in [2.75, 3.05) is 17.2 Å². The molecule has 0 spiro atoms. The Kier molecular flexibility index (Phi) is 7.03. The average molecular weight is 388 g/mol. The number of nitrogens with one attached hydrogen (secondary N) is 1. The van der Waals surface area contributed by atoms with Crippen LogP contribution < -0.4 is 26.6 Å². The number of unbranched alkanes of at least 4 members (excludes halogenated alkanes) is 1. The zero-order valence-corrected chi connectivity index (χ0v) is 16.8. The molecule has 2 rings (SSSR count). The van der Waals surface area contributed by atoms with Crippen LogP contribution in [0.2, 0.25) is 0 Å². The van der Waals surface area contributed by atoms with Crippen molar-refractivity contribution < 1.29 is 9.53 Å². The normalized spacial score (nSPS) is 11.9. The van der Waals surface area contributed by atoms with E-state index in [1.54, 1.807) is 19.9 Å². The van der Waals surface area contributed by atoms with Crippen LogP contribution in [-0.2, 0) is 11.3 Å². The third kappa shape index (κ3) is 4.62. The van der Waals surface area contributed by atoms with Crippen LogP contribution in [0.1, 0.15) is 39.2 Å². The number of aromatic amines is 1. The van der Waals surface area contributed by atoms with Crippen LogP contribution in [-0.4, -0.2) is 28.1 Å². The van der Waals surface area contributed by atoms with Gasteiger partial charge in [0.1, 0.15) is 11.6 Å². The topological polar surface area (TPSA) is 110 Å². The molecule has 1 atom stereocenters. The molecule has 1 amide bonds. The van der Waals surface area contributed by atoms with Crippen molar-refractivity contribution in [2.24, 2.45) is 0 Å². The number of benzene rings is 1. The van der Waals surface area contributed by atoms with Crippen LogP contribution in [0.3, 0.4) is 0 Å². The largest absolute Gasteiger partial charge is 0.481 e. The molecule has 0 unspecified atom stereocenters. The highest BCUT2D eigenvalue weighted by Crippen LogP contribution is 2.20. The van der Waals surface area contributed by atoms with E-state index in [0.717, 1.165) is 18.4 Å². The van der Waals surface area contributed by atoms with E-state index in [1.807, 2.05) is 32.0 Å². The summed E-state index contributed by atoms with van der Waals surface area (Å²) in [5.74, 6) is 0.133. The lowest BCUT2D eigenvalue weighted by molar-refractivity contribution is -0.124. The van der Waals surface area contributed by atoms with Gasteiger partial charge in [0.05, 0.1) is 0 Å². The third-order valence-corrected chi connectivity index (χ3v) is 4.45. The van der Waals surface area contributed by atoms with Gasteiger partial charge in [-0.3, -0.25) is 19.1 Å². The minimum atomic E-state index is -0.837. The van der Waals surface area contributed by atoms with Gasteiger partial charge in [-0.15, -0.1) is 0 Å². The van der Waals surface area contributed by atoms with Gasteiger partial charge in [0, 0.05) is 13.1 Å². The van der Waals surface area contributed by atoms with Crippen LogP contribution in [0.25, 0.3) is 0 Å². The first-order valence-electron chi connectivity index (χ1n) is 9.47. The molecule has 0 aliphatic heterocycles. The number of aromatic nitrogens is 2. The molecular weight excluding hydrogens is 360 g/mol. The minimum Gasteiger partial charge on any atom is -0.481 e. The number of nitrogen functional groups attached to an aromatic ring is 1. The van der Waals surface area contributed by atoms with Gasteiger partial charge in [-0.05, 0) is 44.9 Å². The third-order valence-electron chi connectivity index (χ3n) is 4.45. The van der Waals surface area contributed by atoms with Crippen molar-refractivity contribution in [3.05, 3.63) is 50.7 Å². The molecule has 0 saturated heterocycles. The molecule has 2 aromatic rings. The molecule has 0 fully saturated rings. The van der Waals surface area contributed by atoms with E-state index in [-0.39, 0.29) is 18.1 Å². The summed E-state index contributed by atoms with van der Waals surface area (Å²) in [6.45, 7) is 7.84. The number of nitrogens with two attached hydrogens (primary N) is 1. The number of carbonyl (C=O) groups is 1. The van der Waals surface area contributed by atoms with E-state index >= 15 is 0 Å². The van der Waals surface area contributed by atoms with E-state index in [0.29, 0.717) is 12.3 Å². The fourth-order valence-corrected chi connectivity index (χ4v) is 2.96. The summed E-state index contributed by atoms with van der Waals surface area (Å²) in [4.78, 5) is 41.0. The fraction of sp³-hybridized carbons (Fsp3) is 0.450. The summed E-state index contributed by atoms with van der Waals surface area (Å²) in [6, 6.07) is 7.36. The Morgan fingerprint density at radius 1 is 1.32 bits per heavy atom. The molecule has 152 valence electrons. The Morgan fingerprint density at radius 2 is 2.04 bits per heavy atom. The van der Waals surface area contributed by atoms with Gasteiger partial charge in [0.15, 0.2) is 11.8 Å². The Balaban J connectivity index is 2.37. The maximum absolute atomic E-state index is 13.0. The van der Waals surface area contributed by atoms with E-state index in [2.05, 4.69) is 4.98 Å². The maximum Gasteiger partial charge on any atom is 0.330 e. The van der Waals surface area contributed by atoms with E-state index in [4.69, 9.17) is 10.5 Å². The lowest BCUT2D eigenvalue weighted by Gasteiger charge is -2.26. The summed E-state index contributed by atoms with van der Waals surface area (Å²) in [5, 5.41) is 0. The van der Waals surface area contributed by atoms with Crippen molar-refractivity contribution in [3.63, 3.8) is 0 Å². The second-order valence-corrected chi connectivity index (χ2v) is 6.66. The van der Waals surface area contributed by atoms with Gasteiger partial charge in [0.2, 0.25) is 0 Å². The molecule has 28 heavy (non-hydrogen) atoms. The average Bonchev–Trinajstić information content (AvgIpc) is 2.64. The predicted octanol–water partition coefficient (Wildman–Crippen LogP) is 2.05. The molecule has 0 aliphatic carbocycles. The number of carbonyl (C=O) groups excluding carboxylic acids is 1. The second-order valence-electron chi connectivity index (χ2n) is 6.66. The van der Waals surface area contributed by atoms with Crippen LogP contribution in [0, 0.1) is 6.92 Å². The number of anilines is 2. The van der Waals surface area contributed by atoms with Crippen molar-refractivity contribution >= 4 is 17.4 Å². The van der Waals surface area contributed by atoms with Crippen molar-refractivity contribution in [3.8, 4) is 5.75 Å². The Hall–Kier alpha value is -3.03. The number of aryl methyl sites for hydroxylation is 1. The number of hydrogen-bond acceptors (Lipinski definition) is 5. The fourth-order valence-electron chi connectivity index (χ4n) is 2.96. The highest BCUT2D eigenvalue weighted by molar-refractivity contribution is 5.98. The molecule has 1 heterocycles. The highest BCUT2D eigenvalue weighted by Gasteiger charge is 2.27. The van der Waals surface area contributed by atoms with Gasteiger partial charge in [-0.2, -0.15) is 0 Å².